The molecule has 96 valence electrons. The number of hydrogen-bond donors (Lipinski definition) is 0. The summed E-state index contributed by atoms with van der Waals surface area (Å²) >= 11 is 0. The van der Waals surface area contributed by atoms with Gasteiger partial charge in [0.15, 0.2) is 0 Å². The fourth-order valence-electron chi connectivity index (χ4n) is 1.39. The van der Waals surface area contributed by atoms with Crippen LogP contribution in [0.5, 0.6) is 5.75 Å². The van der Waals surface area contributed by atoms with Crippen molar-refractivity contribution in [1.29, 1.82) is 0 Å². The van der Waals surface area contributed by atoms with Gasteiger partial charge in [0.25, 0.3) is 6.43 Å². The zero-order valence-electron chi connectivity index (χ0n) is 10.3. The first kappa shape index (κ1) is 13.8. The number of nitrogens with zero attached hydrogens (tertiary/aromatic N) is 1. The monoisotopic (exact) mass is 245 g/mol. The van der Waals surface area contributed by atoms with Gasteiger partial charge < -0.3 is 9.47 Å². The summed E-state index contributed by atoms with van der Waals surface area (Å²) in [7, 11) is 0. The number of aryl methyl sites for hydroxylation is 2. The molecular formula is C12H17F2NO2. The maximum atomic E-state index is 11.8. The first-order valence-corrected chi connectivity index (χ1v) is 5.44. The summed E-state index contributed by atoms with van der Waals surface area (Å²) < 4.78 is 33.8. The Labute approximate surface area is 99.8 Å². The second-order valence-corrected chi connectivity index (χ2v) is 3.79. The molecule has 0 saturated heterocycles. The molecule has 0 N–H and O–H groups in total. The maximum Gasteiger partial charge on any atom is 0.261 e. The van der Waals surface area contributed by atoms with Gasteiger partial charge in [-0.25, -0.2) is 8.78 Å². The lowest BCUT2D eigenvalue weighted by molar-refractivity contribution is 0.00755. The third-order valence-corrected chi connectivity index (χ3v) is 2.33. The largest absolute Gasteiger partial charge is 0.491 e. The molecule has 0 bridgehead atoms. The number of ether oxygens (including phenoxy) is 2. The highest BCUT2D eigenvalue weighted by molar-refractivity contribution is 5.36. The van der Waals surface area contributed by atoms with Crippen LogP contribution in [0, 0.1) is 20.8 Å². The van der Waals surface area contributed by atoms with Gasteiger partial charge in [0.1, 0.15) is 19.0 Å². The topological polar surface area (TPSA) is 31.4 Å². The smallest absolute Gasteiger partial charge is 0.261 e. The van der Waals surface area contributed by atoms with E-state index < -0.39 is 13.0 Å². The average molecular weight is 245 g/mol. The number of alkyl halides is 2. The minimum absolute atomic E-state index is 0.157. The maximum absolute atomic E-state index is 11.8. The van der Waals surface area contributed by atoms with E-state index in [4.69, 9.17) is 9.47 Å². The van der Waals surface area contributed by atoms with E-state index >= 15 is 0 Å². The van der Waals surface area contributed by atoms with Crippen LogP contribution in [0.1, 0.15) is 17.0 Å². The Balaban J connectivity index is 2.41. The van der Waals surface area contributed by atoms with Crippen molar-refractivity contribution in [3.05, 3.63) is 23.0 Å². The van der Waals surface area contributed by atoms with Crippen LogP contribution in [0.15, 0.2) is 6.07 Å². The SMILES string of the molecule is Cc1cc(OCCOCC(F)F)c(C)c(C)n1. The van der Waals surface area contributed by atoms with E-state index in [1.165, 1.54) is 0 Å². The molecule has 1 aromatic rings. The third-order valence-electron chi connectivity index (χ3n) is 2.33. The summed E-state index contributed by atoms with van der Waals surface area (Å²) in [6.07, 6.45) is -2.43. The molecule has 3 nitrogen and oxygen atoms in total. The van der Waals surface area contributed by atoms with Crippen molar-refractivity contribution in [2.75, 3.05) is 19.8 Å². The highest BCUT2D eigenvalue weighted by Gasteiger charge is 2.06. The first-order chi connectivity index (χ1) is 8.00. The average Bonchev–Trinajstić information content (AvgIpc) is 2.23. The Morgan fingerprint density at radius 1 is 1.24 bits per heavy atom. The fraction of sp³-hybridized carbons (Fsp3) is 0.583. The lowest BCUT2D eigenvalue weighted by Gasteiger charge is -2.11. The molecule has 1 aromatic heterocycles. The Hall–Kier alpha value is -1.23. The van der Waals surface area contributed by atoms with Crippen molar-refractivity contribution in [2.24, 2.45) is 0 Å². The van der Waals surface area contributed by atoms with Crippen LogP contribution >= 0.6 is 0 Å². The Morgan fingerprint density at radius 3 is 2.59 bits per heavy atom. The highest BCUT2D eigenvalue weighted by Crippen LogP contribution is 2.20. The molecule has 0 spiro atoms. The van der Waals surface area contributed by atoms with Crippen LogP contribution in [-0.2, 0) is 4.74 Å². The summed E-state index contributed by atoms with van der Waals surface area (Å²) in [4.78, 5) is 4.29. The molecule has 0 unspecified atom stereocenters. The second kappa shape index (κ2) is 6.49. The van der Waals surface area contributed by atoms with Gasteiger partial charge in [-0.1, -0.05) is 0 Å². The predicted molar refractivity (Wildman–Crippen MR) is 60.8 cm³/mol. The molecule has 1 rings (SSSR count). The van der Waals surface area contributed by atoms with Gasteiger partial charge in [-0.3, -0.25) is 4.98 Å². The molecule has 0 radical (unpaired) electrons. The standard InChI is InChI=1S/C12H17F2NO2/c1-8-6-11(9(2)10(3)15-8)17-5-4-16-7-12(13)14/h6,12H,4-5,7H2,1-3H3. The number of rotatable bonds is 6. The molecule has 0 fully saturated rings. The molecule has 1 heterocycles. The van der Waals surface area contributed by atoms with Crippen molar-refractivity contribution >= 4 is 0 Å². The van der Waals surface area contributed by atoms with Crippen molar-refractivity contribution in [2.45, 2.75) is 27.2 Å². The summed E-state index contributed by atoms with van der Waals surface area (Å²) in [6, 6.07) is 1.83. The fourth-order valence-corrected chi connectivity index (χ4v) is 1.39. The highest BCUT2D eigenvalue weighted by atomic mass is 19.3. The second-order valence-electron chi connectivity index (χ2n) is 3.79. The van der Waals surface area contributed by atoms with Gasteiger partial charge in [-0.15, -0.1) is 0 Å². The van der Waals surface area contributed by atoms with E-state index in [2.05, 4.69) is 4.98 Å². The number of halogens is 2. The van der Waals surface area contributed by atoms with Gasteiger partial charge in [0.05, 0.1) is 6.61 Å². The molecule has 0 atom stereocenters. The van der Waals surface area contributed by atoms with E-state index in [1.807, 2.05) is 26.8 Å². The van der Waals surface area contributed by atoms with E-state index in [-0.39, 0.29) is 13.2 Å². The predicted octanol–water partition coefficient (Wildman–Crippen LogP) is 2.67. The van der Waals surface area contributed by atoms with E-state index in [0.717, 1.165) is 22.7 Å². The zero-order chi connectivity index (χ0) is 12.8. The van der Waals surface area contributed by atoms with Crippen LogP contribution in [0.3, 0.4) is 0 Å². The van der Waals surface area contributed by atoms with E-state index in [0.29, 0.717) is 0 Å². The van der Waals surface area contributed by atoms with Crippen molar-refractivity contribution in [3.8, 4) is 5.75 Å². The summed E-state index contributed by atoms with van der Waals surface area (Å²) in [6.45, 7) is 5.57. The van der Waals surface area contributed by atoms with Crippen molar-refractivity contribution in [3.63, 3.8) is 0 Å². The number of pyridine rings is 1. The third kappa shape index (κ3) is 4.65. The first-order valence-electron chi connectivity index (χ1n) is 5.44. The minimum atomic E-state index is -2.43. The summed E-state index contributed by atoms with van der Waals surface area (Å²) in [5.74, 6) is 0.732. The normalized spacial score (nSPS) is 10.9. The lowest BCUT2D eigenvalue weighted by Crippen LogP contribution is -2.12. The van der Waals surface area contributed by atoms with Crippen LogP contribution in [0.25, 0.3) is 0 Å². The summed E-state index contributed by atoms with van der Waals surface area (Å²) in [5.41, 5.74) is 2.74. The van der Waals surface area contributed by atoms with Crippen LogP contribution in [0.2, 0.25) is 0 Å². The van der Waals surface area contributed by atoms with Gasteiger partial charge in [-0.2, -0.15) is 0 Å². The quantitative estimate of drug-likeness (QED) is 0.722. The molecule has 0 aliphatic rings. The number of hydrogen-bond acceptors (Lipinski definition) is 3. The molecule has 0 amide bonds. The van der Waals surface area contributed by atoms with Gasteiger partial charge in [-0.05, 0) is 20.8 Å². The minimum Gasteiger partial charge on any atom is -0.491 e. The Morgan fingerprint density at radius 2 is 1.94 bits per heavy atom. The molecule has 0 aromatic carbocycles. The molecular weight excluding hydrogens is 228 g/mol. The molecule has 0 saturated carbocycles. The van der Waals surface area contributed by atoms with Crippen LogP contribution in [-0.4, -0.2) is 31.2 Å². The Bertz CT molecular complexity index is 370. The van der Waals surface area contributed by atoms with E-state index in [9.17, 15) is 8.78 Å². The lowest BCUT2D eigenvalue weighted by atomic mass is 10.2. The molecule has 17 heavy (non-hydrogen) atoms. The number of aromatic nitrogens is 1. The van der Waals surface area contributed by atoms with Gasteiger partial charge >= 0.3 is 0 Å². The van der Waals surface area contributed by atoms with Crippen molar-refractivity contribution < 1.29 is 18.3 Å². The van der Waals surface area contributed by atoms with E-state index in [1.54, 1.807) is 0 Å². The van der Waals surface area contributed by atoms with Crippen molar-refractivity contribution in [1.82, 2.24) is 4.98 Å². The molecule has 0 aliphatic carbocycles. The summed E-state index contributed by atoms with van der Waals surface area (Å²) in [5, 5.41) is 0. The van der Waals surface area contributed by atoms with Crippen LogP contribution in [0.4, 0.5) is 8.78 Å². The zero-order valence-corrected chi connectivity index (χ0v) is 10.3. The molecule has 5 heteroatoms. The Kier molecular flexibility index (Phi) is 5.28. The molecule has 0 aliphatic heterocycles. The van der Waals surface area contributed by atoms with Gasteiger partial charge in [0, 0.05) is 23.0 Å². The van der Waals surface area contributed by atoms with Gasteiger partial charge in [0.2, 0.25) is 0 Å². The van der Waals surface area contributed by atoms with Crippen LogP contribution < -0.4 is 4.74 Å².